The number of hydrogen-bond acceptors (Lipinski definition) is 7. The Kier molecular flexibility index (Phi) is 6.10. The first-order chi connectivity index (χ1) is 17.5. The van der Waals surface area contributed by atoms with Crippen LogP contribution in [0.2, 0.25) is 0 Å². The van der Waals surface area contributed by atoms with Crippen LogP contribution in [0.1, 0.15) is 29.6 Å². The molecule has 1 N–H and O–H groups in total. The van der Waals surface area contributed by atoms with Crippen molar-refractivity contribution in [1.29, 1.82) is 0 Å². The highest BCUT2D eigenvalue weighted by molar-refractivity contribution is 7.24. The summed E-state index contributed by atoms with van der Waals surface area (Å²) in [5, 5.41) is 3.10. The number of ether oxygens (including phenoxy) is 1. The second kappa shape index (κ2) is 9.42. The molecule has 188 valence electrons. The van der Waals surface area contributed by atoms with Crippen LogP contribution >= 0.6 is 11.3 Å². The molecule has 10 heteroatoms. The zero-order chi connectivity index (χ0) is 24.8. The van der Waals surface area contributed by atoms with Crippen molar-refractivity contribution in [3.63, 3.8) is 0 Å². The third-order valence-electron chi connectivity index (χ3n) is 7.31. The van der Waals surface area contributed by atoms with Crippen LogP contribution in [0.5, 0.6) is 0 Å². The number of aromatic nitrogens is 2. The van der Waals surface area contributed by atoms with Crippen molar-refractivity contribution < 1.29 is 13.9 Å². The number of amides is 1. The monoisotopic (exact) mass is 509 g/mol. The topological polar surface area (TPSA) is 79.2 Å². The number of halogens is 1. The second-order valence-corrected chi connectivity index (χ2v) is 10.5. The lowest BCUT2D eigenvalue weighted by Gasteiger charge is -2.32. The molecule has 0 spiro atoms. The highest BCUT2D eigenvalue weighted by Crippen LogP contribution is 2.32. The quantitative estimate of drug-likeness (QED) is 0.455. The fourth-order valence-electron chi connectivity index (χ4n) is 5.30. The normalized spacial score (nSPS) is 19.4. The van der Waals surface area contributed by atoms with Gasteiger partial charge in [0.2, 0.25) is 5.43 Å². The van der Waals surface area contributed by atoms with Crippen LogP contribution in [-0.4, -0.2) is 72.7 Å². The Morgan fingerprint density at radius 1 is 1.22 bits per heavy atom. The molecule has 1 amide bonds. The zero-order valence-corrected chi connectivity index (χ0v) is 20.9. The van der Waals surface area contributed by atoms with Gasteiger partial charge in [0.15, 0.2) is 17.3 Å². The number of hydrogen-bond donors (Lipinski definition) is 1. The first-order valence-electron chi connectivity index (χ1n) is 12.4. The molecule has 0 bridgehead atoms. The lowest BCUT2D eigenvalue weighted by molar-refractivity contribution is 0.0929. The van der Waals surface area contributed by atoms with Crippen LogP contribution in [0.4, 0.5) is 10.2 Å². The van der Waals surface area contributed by atoms with Crippen LogP contribution in [0.3, 0.4) is 0 Å². The Morgan fingerprint density at radius 3 is 2.83 bits per heavy atom. The number of likely N-dealkylation sites (tertiary alicyclic amines) is 1. The van der Waals surface area contributed by atoms with Gasteiger partial charge in [-0.1, -0.05) is 18.6 Å². The van der Waals surface area contributed by atoms with E-state index in [1.54, 1.807) is 0 Å². The van der Waals surface area contributed by atoms with Gasteiger partial charge in [-0.15, -0.1) is 11.3 Å². The summed E-state index contributed by atoms with van der Waals surface area (Å²) in [6, 6.07) is 9.18. The van der Waals surface area contributed by atoms with Crippen molar-refractivity contribution >= 4 is 49.1 Å². The summed E-state index contributed by atoms with van der Waals surface area (Å²) in [4.78, 5) is 36.5. The summed E-state index contributed by atoms with van der Waals surface area (Å²) in [5.74, 6) is -0.800. The van der Waals surface area contributed by atoms with Crippen molar-refractivity contribution in [2.45, 2.75) is 25.3 Å². The molecule has 36 heavy (non-hydrogen) atoms. The molecule has 2 saturated heterocycles. The van der Waals surface area contributed by atoms with Gasteiger partial charge in [-0.3, -0.25) is 14.0 Å². The number of likely N-dealkylation sites (N-methyl/N-ethyl adjacent to an activating group) is 1. The maximum absolute atomic E-state index is 15.3. The lowest BCUT2D eigenvalue weighted by Crippen LogP contribution is -2.45. The van der Waals surface area contributed by atoms with Gasteiger partial charge in [-0.25, -0.2) is 9.37 Å². The number of nitrogens with zero attached hydrogens (tertiary/aromatic N) is 4. The number of para-hydroxylation sites is 1. The van der Waals surface area contributed by atoms with E-state index in [0.717, 1.165) is 36.0 Å². The number of carbonyl (C=O) groups excluding carboxylic acids is 1. The molecule has 4 aromatic rings. The van der Waals surface area contributed by atoms with Crippen LogP contribution < -0.4 is 15.6 Å². The number of carbonyl (C=O) groups is 1. The third-order valence-corrected chi connectivity index (χ3v) is 8.45. The van der Waals surface area contributed by atoms with Gasteiger partial charge >= 0.3 is 0 Å². The van der Waals surface area contributed by atoms with Crippen LogP contribution in [0.25, 0.3) is 26.1 Å². The molecule has 8 nitrogen and oxygen atoms in total. The SMILES string of the molecule is CN1CCCCC1CNC(=O)c1c(=O)c2cc(F)c(N3CCOCC3)nc2n2c1sc1ccccc12. The molecule has 1 atom stereocenters. The second-order valence-electron chi connectivity index (χ2n) is 9.52. The van der Waals surface area contributed by atoms with E-state index in [9.17, 15) is 9.59 Å². The molecule has 6 rings (SSSR count). The largest absolute Gasteiger partial charge is 0.378 e. The van der Waals surface area contributed by atoms with Gasteiger partial charge in [-0.2, -0.15) is 0 Å². The summed E-state index contributed by atoms with van der Waals surface area (Å²) in [6.45, 7) is 3.49. The van der Waals surface area contributed by atoms with E-state index < -0.39 is 17.2 Å². The van der Waals surface area contributed by atoms with E-state index in [1.807, 2.05) is 33.6 Å². The summed E-state index contributed by atoms with van der Waals surface area (Å²) < 4.78 is 23.5. The Morgan fingerprint density at radius 2 is 2.03 bits per heavy atom. The summed E-state index contributed by atoms with van der Waals surface area (Å²) in [6.07, 6.45) is 3.28. The fraction of sp³-hybridized carbons (Fsp3) is 0.423. The average molecular weight is 510 g/mol. The number of rotatable bonds is 4. The molecule has 0 aliphatic carbocycles. The molecule has 2 aliphatic heterocycles. The van der Waals surface area contributed by atoms with Gasteiger partial charge in [0.1, 0.15) is 10.4 Å². The van der Waals surface area contributed by atoms with Crippen molar-refractivity contribution in [1.82, 2.24) is 19.6 Å². The van der Waals surface area contributed by atoms with E-state index >= 15 is 4.39 Å². The Labute approximate surface area is 211 Å². The number of morpholine rings is 1. The number of anilines is 1. The number of nitrogens with one attached hydrogen (secondary N) is 1. The van der Waals surface area contributed by atoms with Crippen LogP contribution in [0, 0.1) is 5.82 Å². The van der Waals surface area contributed by atoms with E-state index in [-0.39, 0.29) is 22.8 Å². The average Bonchev–Trinajstić information content (AvgIpc) is 3.28. The van der Waals surface area contributed by atoms with Crippen molar-refractivity contribution in [3.05, 3.63) is 51.9 Å². The number of pyridine rings is 2. The van der Waals surface area contributed by atoms with Crippen molar-refractivity contribution in [2.75, 3.05) is 51.3 Å². The molecular weight excluding hydrogens is 481 g/mol. The number of benzene rings is 1. The minimum atomic E-state index is -0.573. The molecule has 3 aromatic heterocycles. The van der Waals surface area contributed by atoms with Gasteiger partial charge in [0.05, 0.1) is 28.8 Å². The van der Waals surface area contributed by atoms with E-state index in [0.29, 0.717) is 43.3 Å². The summed E-state index contributed by atoms with van der Waals surface area (Å²) in [5.41, 5.74) is 0.739. The predicted molar refractivity (Wildman–Crippen MR) is 140 cm³/mol. The Bertz CT molecular complexity index is 1530. The Hall–Kier alpha value is -3.08. The molecule has 0 radical (unpaired) electrons. The standard InChI is InChI=1S/C26H28FN5O3S/c1-30-9-5-4-6-16(30)15-28-25(34)21-22(33)17-14-18(27)24(31-10-12-35-13-11-31)29-23(17)32-19-7-2-3-8-20(19)36-26(21)32/h2-3,7-8,14,16H,4-6,9-13,15H2,1H3,(H,28,34). The van der Waals surface area contributed by atoms with Crippen LogP contribution in [-0.2, 0) is 4.74 Å². The molecule has 2 fully saturated rings. The van der Waals surface area contributed by atoms with E-state index in [1.165, 1.54) is 17.4 Å². The zero-order valence-electron chi connectivity index (χ0n) is 20.1. The van der Waals surface area contributed by atoms with Crippen LogP contribution in [0.15, 0.2) is 35.1 Å². The molecule has 5 heterocycles. The first kappa shape index (κ1) is 23.3. The van der Waals surface area contributed by atoms with Crippen molar-refractivity contribution in [2.24, 2.45) is 0 Å². The predicted octanol–water partition coefficient (Wildman–Crippen LogP) is 3.25. The summed E-state index contributed by atoms with van der Waals surface area (Å²) in [7, 11) is 2.06. The van der Waals surface area contributed by atoms with Gasteiger partial charge < -0.3 is 19.9 Å². The number of piperidine rings is 1. The van der Waals surface area contributed by atoms with Gasteiger partial charge in [-0.05, 0) is 44.6 Å². The maximum Gasteiger partial charge on any atom is 0.258 e. The Balaban J connectivity index is 1.51. The molecule has 1 aromatic carbocycles. The third kappa shape index (κ3) is 3.93. The lowest BCUT2D eigenvalue weighted by atomic mass is 10.0. The van der Waals surface area contributed by atoms with E-state index in [2.05, 4.69) is 22.2 Å². The van der Waals surface area contributed by atoms with E-state index in [4.69, 9.17) is 4.74 Å². The minimum Gasteiger partial charge on any atom is -0.378 e. The first-order valence-corrected chi connectivity index (χ1v) is 13.2. The number of thiazole rings is 1. The highest BCUT2D eigenvalue weighted by Gasteiger charge is 2.27. The van der Waals surface area contributed by atoms with Gasteiger partial charge in [0, 0.05) is 25.7 Å². The molecular formula is C26H28FN5O3S. The highest BCUT2D eigenvalue weighted by atomic mass is 32.1. The number of fused-ring (bicyclic) bond motifs is 5. The summed E-state index contributed by atoms with van der Waals surface area (Å²) >= 11 is 1.38. The molecule has 0 saturated carbocycles. The smallest absolute Gasteiger partial charge is 0.258 e. The fourth-order valence-corrected chi connectivity index (χ4v) is 6.48. The van der Waals surface area contributed by atoms with Gasteiger partial charge in [0.25, 0.3) is 5.91 Å². The maximum atomic E-state index is 15.3. The molecule has 1 unspecified atom stereocenters. The van der Waals surface area contributed by atoms with Crippen molar-refractivity contribution in [3.8, 4) is 0 Å². The molecule has 2 aliphatic rings. The minimum absolute atomic E-state index is 0.0440.